The van der Waals surface area contributed by atoms with Gasteiger partial charge in [0, 0.05) is 24.5 Å². The first kappa shape index (κ1) is 15.8. The highest BCUT2D eigenvalue weighted by Crippen LogP contribution is 2.22. The maximum absolute atomic E-state index is 5.85. The van der Waals surface area contributed by atoms with Crippen LogP contribution in [0.3, 0.4) is 0 Å². The fourth-order valence-electron chi connectivity index (χ4n) is 2.00. The van der Waals surface area contributed by atoms with Gasteiger partial charge in [-0.25, -0.2) is 0 Å². The van der Waals surface area contributed by atoms with Gasteiger partial charge in [-0.15, -0.1) is 0 Å². The van der Waals surface area contributed by atoms with Gasteiger partial charge >= 0.3 is 0 Å². The maximum atomic E-state index is 5.85. The molecule has 0 spiro atoms. The Balaban J connectivity index is 2.62. The summed E-state index contributed by atoms with van der Waals surface area (Å²) in [7, 11) is 0. The lowest BCUT2D eigenvalue weighted by atomic mass is 10.1. The Morgan fingerprint density at radius 1 is 1.26 bits per heavy atom. The van der Waals surface area contributed by atoms with Crippen molar-refractivity contribution in [3.8, 4) is 0 Å². The van der Waals surface area contributed by atoms with Crippen LogP contribution in [0.15, 0.2) is 18.2 Å². The van der Waals surface area contributed by atoms with Crippen molar-refractivity contribution in [2.24, 2.45) is 0 Å². The molecule has 0 fully saturated rings. The molecule has 2 N–H and O–H groups in total. The normalized spacial score (nSPS) is 12.4. The van der Waals surface area contributed by atoms with E-state index in [-0.39, 0.29) is 6.23 Å². The van der Waals surface area contributed by atoms with Crippen molar-refractivity contribution in [2.45, 2.75) is 33.9 Å². The van der Waals surface area contributed by atoms with Crippen molar-refractivity contribution >= 4 is 11.4 Å². The Kier molecular flexibility index (Phi) is 6.67. The first-order valence-corrected chi connectivity index (χ1v) is 6.92. The van der Waals surface area contributed by atoms with E-state index in [4.69, 9.17) is 15.2 Å². The predicted octanol–water partition coefficient (Wildman–Crippen LogP) is 2.80. The van der Waals surface area contributed by atoms with Crippen molar-refractivity contribution in [1.29, 1.82) is 0 Å². The van der Waals surface area contributed by atoms with Gasteiger partial charge in [0.25, 0.3) is 0 Å². The van der Waals surface area contributed by atoms with Gasteiger partial charge in [0.15, 0.2) is 0 Å². The second-order valence-electron chi connectivity index (χ2n) is 4.49. The van der Waals surface area contributed by atoms with Crippen LogP contribution in [0.2, 0.25) is 0 Å². The summed E-state index contributed by atoms with van der Waals surface area (Å²) in [5.41, 5.74) is 8.91. The summed E-state index contributed by atoms with van der Waals surface area (Å²) in [5, 5.41) is 0. The lowest BCUT2D eigenvalue weighted by Crippen LogP contribution is -2.35. The second kappa shape index (κ2) is 8.02. The minimum atomic E-state index is 0.0217. The quantitative estimate of drug-likeness (QED) is 0.446. The third-order valence-electron chi connectivity index (χ3n) is 3.16. The third kappa shape index (κ3) is 4.73. The molecule has 0 aliphatic carbocycles. The standard InChI is InChI=1S/C15H26N2O2/c1-5-17(13(4)19-10-9-18-6-2)14-7-8-15(16)12(3)11-14/h7-8,11,13H,5-6,9-10,16H2,1-4H3. The smallest absolute Gasteiger partial charge is 0.127 e. The molecule has 108 valence electrons. The fourth-order valence-corrected chi connectivity index (χ4v) is 2.00. The molecule has 0 radical (unpaired) electrons. The van der Waals surface area contributed by atoms with Gasteiger partial charge < -0.3 is 20.1 Å². The van der Waals surface area contributed by atoms with Crippen LogP contribution in [0.4, 0.5) is 11.4 Å². The van der Waals surface area contributed by atoms with E-state index < -0.39 is 0 Å². The molecule has 0 aliphatic rings. The zero-order chi connectivity index (χ0) is 14.3. The van der Waals surface area contributed by atoms with E-state index in [1.807, 2.05) is 26.0 Å². The number of hydrogen-bond acceptors (Lipinski definition) is 4. The number of rotatable bonds is 8. The number of aryl methyl sites for hydroxylation is 1. The summed E-state index contributed by atoms with van der Waals surface area (Å²) < 4.78 is 11.1. The molecule has 0 aliphatic heterocycles. The molecule has 19 heavy (non-hydrogen) atoms. The summed E-state index contributed by atoms with van der Waals surface area (Å²) in [6.45, 7) is 11.0. The monoisotopic (exact) mass is 266 g/mol. The van der Waals surface area contributed by atoms with Crippen molar-refractivity contribution < 1.29 is 9.47 Å². The van der Waals surface area contributed by atoms with Gasteiger partial charge in [-0.05, 0) is 51.5 Å². The number of hydrogen-bond donors (Lipinski definition) is 1. The van der Waals surface area contributed by atoms with Gasteiger partial charge in [-0.1, -0.05) is 0 Å². The summed E-state index contributed by atoms with van der Waals surface area (Å²) in [4.78, 5) is 2.21. The number of nitrogens with two attached hydrogens (primary N) is 1. The Bertz CT molecular complexity index is 382. The van der Waals surface area contributed by atoms with Gasteiger partial charge in [-0.2, -0.15) is 0 Å². The number of anilines is 2. The average molecular weight is 266 g/mol. The zero-order valence-electron chi connectivity index (χ0n) is 12.5. The summed E-state index contributed by atoms with van der Waals surface area (Å²) >= 11 is 0. The first-order valence-electron chi connectivity index (χ1n) is 6.92. The zero-order valence-corrected chi connectivity index (χ0v) is 12.5. The number of nitrogen functional groups attached to an aromatic ring is 1. The van der Waals surface area contributed by atoms with Crippen molar-refractivity contribution in [3.05, 3.63) is 23.8 Å². The largest absolute Gasteiger partial charge is 0.399 e. The topological polar surface area (TPSA) is 47.7 Å². The van der Waals surface area contributed by atoms with E-state index >= 15 is 0 Å². The third-order valence-corrected chi connectivity index (χ3v) is 3.16. The van der Waals surface area contributed by atoms with Crippen LogP contribution in [0.25, 0.3) is 0 Å². The van der Waals surface area contributed by atoms with E-state index in [0.29, 0.717) is 13.2 Å². The Labute approximate surface area is 116 Å². The minimum Gasteiger partial charge on any atom is -0.399 e. The molecule has 0 saturated heterocycles. The van der Waals surface area contributed by atoms with E-state index in [9.17, 15) is 0 Å². The van der Waals surface area contributed by atoms with E-state index in [2.05, 4.69) is 24.8 Å². The van der Waals surface area contributed by atoms with Gasteiger partial charge in [-0.3, -0.25) is 0 Å². The van der Waals surface area contributed by atoms with Crippen LogP contribution in [-0.4, -0.2) is 32.6 Å². The number of benzene rings is 1. The highest BCUT2D eigenvalue weighted by molar-refractivity contribution is 5.58. The van der Waals surface area contributed by atoms with E-state index in [0.717, 1.165) is 30.1 Å². The molecular weight excluding hydrogens is 240 g/mol. The average Bonchev–Trinajstić information content (AvgIpc) is 2.40. The summed E-state index contributed by atoms with van der Waals surface area (Å²) in [6.07, 6.45) is 0.0217. The van der Waals surface area contributed by atoms with E-state index in [1.54, 1.807) is 0 Å². The number of nitrogens with zero attached hydrogens (tertiary/aromatic N) is 1. The van der Waals surface area contributed by atoms with Gasteiger partial charge in [0.2, 0.25) is 0 Å². The second-order valence-corrected chi connectivity index (χ2v) is 4.49. The molecule has 4 heteroatoms. The molecule has 1 unspecified atom stereocenters. The van der Waals surface area contributed by atoms with Crippen LogP contribution in [0, 0.1) is 6.92 Å². The molecule has 1 atom stereocenters. The molecule has 0 aromatic heterocycles. The van der Waals surface area contributed by atoms with E-state index in [1.165, 1.54) is 0 Å². The van der Waals surface area contributed by atoms with Gasteiger partial charge in [0.1, 0.15) is 6.23 Å². The van der Waals surface area contributed by atoms with Crippen molar-refractivity contribution in [2.75, 3.05) is 37.0 Å². The molecule has 4 nitrogen and oxygen atoms in total. The Morgan fingerprint density at radius 3 is 2.58 bits per heavy atom. The Hall–Kier alpha value is -1.26. The maximum Gasteiger partial charge on any atom is 0.127 e. The lowest BCUT2D eigenvalue weighted by molar-refractivity contribution is 0.0146. The summed E-state index contributed by atoms with van der Waals surface area (Å²) in [5.74, 6) is 0. The van der Waals surface area contributed by atoms with Crippen LogP contribution in [0.1, 0.15) is 26.3 Å². The van der Waals surface area contributed by atoms with Crippen LogP contribution >= 0.6 is 0 Å². The van der Waals surface area contributed by atoms with Crippen molar-refractivity contribution in [1.82, 2.24) is 0 Å². The minimum absolute atomic E-state index is 0.0217. The highest BCUT2D eigenvalue weighted by Gasteiger charge is 2.13. The molecule has 0 heterocycles. The molecule has 1 rings (SSSR count). The molecule has 0 amide bonds. The molecule has 1 aromatic rings. The van der Waals surface area contributed by atoms with Crippen molar-refractivity contribution in [3.63, 3.8) is 0 Å². The predicted molar refractivity (Wildman–Crippen MR) is 80.5 cm³/mol. The SMILES string of the molecule is CCOCCOC(C)N(CC)c1ccc(N)c(C)c1. The fraction of sp³-hybridized carbons (Fsp3) is 0.600. The van der Waals surface area contributed by atoms with Crippen LogP contribution in [0.5, 0.6) is 0 Å². The molecular formula is C15H26N2O2. The molecule has 1 aromatic carbocycles. The molecule has 0 bridgehead atoms. The number of ether oxygens (including phenoxy) is 2. The molecule has 0 saturated carbocycles. The van der Waals surface area contributed by atoms with Crippen LogP contribution < -0.4 is 10.6 Å². The highest BCUT2D eigenvalue weighted by atomic mass is 16.5. The summed E-state index contributed by atoms with van der Waals surface area (Å²) in [6, 6.07) is 6.08. The first-order chi connectivity index (χ1) is 9.10. The lowest BCUT2D eigenvalue weighted by Gasteiger charge is -2.30. The Morgan fingerprint density at radius 2 is 2.00 bits per heavy atom. The van der Waals surface area contributed by atoms with Crippen LogP contribution in [-0.2, 0) is 9.47 Å². The van der Waals surface area contributed by atoms with Gasteiger partial charge in [0.05, 0.1) is 13.2 Å².